The number of benzene rings is 2. The summed E-state index contributed by atoms with van der Waals surface area (Å²) >= 11 is 6.15. The minimum atomic E-state index is -0.688. The van der Waals surface area contributed by atoms with Crippen LogP contribution in [0.1, 0.15) is 41.2 Å². The maximum Gasteiger partial charge on any atom is 0.412 e. The fraction of sp³-hybridized carbons (Fsp3) is 0.125. The predicted octanol–water partition coefficient (Wildman–Crippen LogP) is 4.83. The van der Waals surface area contributed by atoms with E-state index in [2.05, 4.69) is 39.1 Å². The molecule has 0 aliphatic heterocycles. The molecule has 3 aromatic rings. The first-order valence-corrected chi connectivity index (χ1v) is 9.76. The van der Waals surface area contributed by atoms with Crippen molar-refractivity contribution in [2.75, 3.05) is 5.32 Å². The molecule has 3 rings (SSSR count). The molecule has 160 valence electrons. The number of anilines is 1. The first kappa shape index (κ1) is 22.5. The van der Waals surface area contributed by atoms with E-state index in [-0.39, 0.29) is 12.2 Å². The Labute approximate surface area is 189 Å². The number of nitrogens with one attached hydrogen (secondary N) is 1. The number of rotatable bonds is 4. The second-order valence-electron chi connectivity index (χ2n) is 6.43. The lowest BCUT2D eigenvalue weighted by Gasteiger charge is -2.15. The van der Waals surface area contributed by atoms with E-state index in [4.69, 9.17) is 20.9 Å². The number of aryl methyl sites for hydroxylation is 1. The molecular formula is C24H17ClN2O5. The minimum Gasteiger partial charge on any atom is -0.441 e. The third-order valence-corrected chi connectivity index (χ3v) is 4.57. The lowest BCUT2D eigenvalue weighted by Crippen LogP contribution is -2.17. The van der Waals surface area contributed by atoms with Crippen molar-refractivity contribution < 1.29 is 23.6 Å². The Morgan fingerprint density at radius 1 is 1.12 bits per heavy atom. The number of halogens is 1. The second-order valence-corrected chi connectivity index (χ2v) is 6.84. The van der Waals surface area contributed by atoms with Gasteiger partial charge in [-0.05, 0) is 56.0 Å². The first-order chi connectivity index (χ1) is 15.5. The van der Waals surface area contributed by atoms with Crippen LogP contribution in [0.2, 0.25) is 5.02 Å². The third kappa shape index (κ3) is 5.91. The molecule has 1 aromatic heterocycles. The summed E-state index contributed by atoms with van der Waals surface area (Å²) in [5.41, 5.74) is 2.81. The zero-order valence-electron chi connectivity index (χ0n) is 17.1. The Hall–Kier alpha value is -4.20. The molecule has 1 atom stereocenters. The van der Waals surface area contributed by atoms with Gasteiger partial charge in [0.05, 0.1) is 0 Å². The van der Waals surface area contributed by atoms with Crippen molar-refractivity contribution >= 4 is 29.9 Å². The van der Waals surface area contributed by atoms with Crippen molar-refractivity contribution in [1.82, 2.24) is 5.16 Å². The average molecular weight is 449 g/mol. The highest BCUT2D eigenvalue weighted by atomic mass is 35.5. The van der Waals surface area contributed by atoms with Gasteiger partial charge in [-0.25, -0.2) is 4.79 Å². The van der Waals surface area contributed by atoms with E-state index < -0.39 is 12.2 Å². The highest BCUT2D eigenvalue weighted by Crippen LogP contribution is 2.26. The van der Waals surface area contributed by atoms with Crippen molar-refractivity contribution in [2.45, 2.75) is 20.0 Å². The van der Waals surface area contributed by atoms with Crippen molar-refractivity contribution in [2.24, 2.45) is 0 Å². The SMILES string of the molecule is Cc1noc(C#Cc2ccc(C#COC=O)cc2)c1NC(=O)OC(C)c1ccccc1Cl. The van der Waals surface area contributed by atoms with E-state index in [0.29, 0.717) is 33.1 Å². The van der Waals surface area contributed by atoms with Gasteiger partial charge in [0.25, 0.3) is 0 Å². The molecule has 32 heavy (non-hydrogen) atoms. The van der Waals surface area contributed by atoms with Gasteiger partial charge in [0.2, 0.25) is 5.76 Å². The van der Waals surface area contributed by atoms with Crippen LogP contribution >= 0.6 is 11.6 Å². The smallest absolute Gasteiger partial charge is 0.412 e. The summed E-state index contributed by atoms with van der Waals surface area (Å²) in [4.78, 5) is 22.5. The van der Waals surface area contributed by atoms with Crippen LogP contribution in [0.25, 0.3) is 0 Å². The van der Waals surface area contributed by atoms with Gasteiger partial charge in [0.15, 0.2) is 0 Å². The van der Waals surface area contributed by atoms with Crippen molar-refractivity contribution in [3.63, 3.8) is 0 Å². The van der Waals surface area contributed by atoms with Gasteiger partial charge in [0.1, 0.15) is 23.6 Å². The van der Waals surface area contributed by atoms with Crippen molar-refractivity contribution in [1.29, 1.82) is 0 Å². The van der Waals surface area contributed by atoms with Gasteiger partial charge in [-0.3, -0.25) is 10.1 Å². The number of amides is 1. The maximum absolute atomic E-state index is 12.4. The van der Waals surface area contributed by atoms with Crippen molar-refractivity contribution in [3.8, 4) is 23.9 Å². The lowest BCUT2D eigenvalue weighted by molar-refractivity contribution is -0.122. The van der Waals surface area contributed by atoms with Crippen LogP contribution in [-0.2, 0) is 14.3 Å². The molecule has 0 aliphatic carbocycles. The number of hydrogen-bond donors (Lipinski definition) is 1. The Kier molecular flexibility index (Phi) is 7.53. The van der Waals surface area contributed by atoms with Crippen LogP contribution in [0, 0.1) is 30.8 Å². The summed E-state index contributed by atoms with van der Waals surface area (Å²) in [6.07, 6.45) is 1.00. The lowest BCUT2D eigenvalue weighted by atomic mass is 10.1. The average Bonchev–Trinajstić information content (AvgIpc) is 3.12. The normalized spacial score (nSPS) is 10.6. The van der Waals surface area contributed by atoms with E-state index in [9.17, 15) is 9.59 Å². The Bertz CT molecular complexity index is 1240. The van der Waals surface area contributed by atoms with Crippen LogP contribution in [0.5, 0.6) is 0 Å². The highest BCUT2D eigenvalue weighted by molar-refractivity contribution is 6.31. The van der Waals surface area contributed by atoms with E-state index in [1.807, 2.05) is 6.07 Å². The summed E-state index contributed by atoms with van der Waals surface area (Å²) in [5.74, 6) is 8.62. The summed E-state index contributed by atoms with van der Waals surface area (Å²) in [6, 6.07) is 14.1. The standard InChI is InChI=1S/C24H17ClN2O5/c1-16-23(26-24(29)31-17(2)20-5-3-4-6-21(20)25)22(32-27-16)12-11-18-7-9-19(10-8-18)13-14-30-15-28/h3-10,15,17H,1-2H3,(H,26,29). The van der Waals surface area contributed by atoms with E-state index in [1.165, 1.54) is 0 Å². The molecule has 1 unspecified atom stereocenters. The number of ether oxygens (including phenoxy) is 2. The van der Waals surface area contributed by atoms with Gasteiger partial charge in [-0.1, -0.05) is 40.9 Å². The number of aromatic nitrogens is 1. The van der Waals surface area contributed by atoms with Crippen LogP contribution in [-0.4, -0.2) is 17.7 Å². The zero-order valence-corrected chi connectivity index (χ0v) is 17.9. The van der Waals surface area contributed by atoms with Crippen LogP contribution in [0.3, 0.4) is 0 Å². The number of nitrogens with zero attached hydrogens (tertiary/aromatic N) is 1. The Balaban J connectivity index is 1.69. The molecule has 1 amide bonds. The monoisotopic (exact) mass is 448 g/mol. The Morgan fingerprint density at radius 2 is 1.81 bits per heavy atom. The van der Waals surface area contributed by atoms with E-state index >= 15 is 0 Å². The molecule has 0 spiro atoms. The van der Waals surface area contributed by atoms with Crippen LogP contribution < -0.4 is 5.32 Å². The van der Waals surface area contributed by atoms with E-state index in [1.54, 1.807) is 56.3 Å². The third-order valence-electron chi connectivity index (χ3n) is 4.22. The molecule has 0 fully saturated rings. The molecule has 7 nitrogen and oxygen atoms in total. The quantitative estimate of drug-likeness (QED) is 0.454. The largest absolute Gasteiger partial charge is 0.441 e. The van der Waals surface area contributed by atoms with E-state index in [0.717, 1.165) is 0 Å². The molecule has 2 aromatic carbocycles. The zero-order chi connectivity index (χ0) is 22.9. The van der Waals surface area contributed by atoms with Gasteiger partial charge in [-0.15, -0.1) is 0 Å². The topological polar surface area (TPSA) is 90.7 Å². The summed E-state index contributed by atoms with van der Waals surface area (Å²) in [5, 5.41) is 7.00. The Morgan fingerprint density at radius 3 is 2.50 bits per heavy atom. The summed E-state index contributed by atoms with van der Waals surface area (Å²) in [7, 11) is 0. The molecule has 0 saturated carbocycles. The maximum atomic E-state index is 12.4. The van der Waals surface area contributed by atoms with Crippen molar-refractivity contribution in [3.05, 3.63) is 81.7 Å². The van der Waals surface area contributed by atoms with Gasteiger partial charge >= 0.3 is 12.6 Å². The highest BCUT2D eigenvalue weighted by Gasteiger charge is 2.18. The van der Waals surface area contributed by atoms with Crippen LogP contribution in [0.15, 0.2) is 53.1 Å². The molecule has 1 heterocycles. The molecule has 0 saturated heterocycles. The molecule has 1 N–H and O–H groups in total. The number of hydrogen-bond acceptors (Lipinski definition) is 6. The molecular weight excluding hydrogens is 432 g/mol. The molecule has 0 bridgehead atoms. The van der Waals surface area contributed by atoms with Crippen LogP contribution in [0.4, 0.5) is 10.5 Å². The molecule has 0 aliphatic rings. The first-order valence-electron chi connectivity index (χ1n) is 9.38. The second kappa shape index (κ2) is 10.7. The van der Waals surface area contributed by atoms with Gasteiger partial charge in [0, 0.05) is 21.7 Å². The number of carbonyl (C=O) groups excluding carboxylic acids is 2. The predicted molar refractivity (Wildman–Crippen MR) is 118 cm³/mol. The molecule has 0 radical (unpaired) electrons. The summed E-state index contributed by atoms with van der Waals surface area (Å²) in [6.45, 7) is 3.66. The minimum absolute atomic E-state index is 0.188. The fourth-order valence-corrected chi connectivity index (χ4v) is 2.93. The number of carbonyl (C=O) groups is 2. The van der Waals surface area contributed by atoms with Gasteiger partial charge in [-0.2, -0.15) is 0 Å². The summed E-state index contributed by atoms with van der Waals surface area (Å²) < 4.78 is 15.0. The fourth-order valence-electron chi connectivity index (χ4n) is 2.64. The molecule has 8 heteroatoms. The van der Waals surface area contributed by atoms with Gasteiger partial charge < -0.3 is 14.0 Å².